The van der Waals surface area contributed by atoms with Crippen molar-refractivity contribution in [2.24, 2.45) is 0 Å². The molecule has 0 N–H and O–H groups in total. The number of hydrogen-bond acceptors (Lipinski definition) is 1. The van der Waals surface area contributed by atoms with E-state index in [4.69, 9.17) is 0 Å². The first-order valence-corrected chi connectivity index (χ1v) is 5.38. The Bertz CT molecular complexity index is 141. The smallest absolute Gasteiger partial charge is 0.0181 e. The summed E-state index contributed by atoms with van der Waals surface area (Å²) in [5.74, 6) is 0. The zero-order chi connectivity index (χ0) is 8.44. The Morgan fingerprint density at radius 2 is 1.67 bits per heavy atom. The lowest BCUT2D eigenvalue weighted by molar-refractivity contribution is 0.0980. The predicted octanol–water partition coefficient (Wildman–Crippen LogP) is 2.62. The highest BCUT2D eigenvalue weighted by Crippen LogP contribution is 2.36. The number of nitrogens with zero attached hydrogens (tertiary/aromatic N) is 1. The Morgan fingerprint density at radius 3 is 2.25 bits per heavy atom. The highest BCUT2D eigenvalue weighted by atomic mass is 15.2. The van der Waals surface area contributed by atoms with Crippen molar-refractivity contribution in [2.45, 2.75) is 51.0 Å². The van der Waals surface area contributed by atoms with Crippen LogP contribution in [0.2, 0.25) is 0 Å². The molecule has 0 spiro atoms. The second kappa shape index (κ2) is 3.37. The van der Waals surface area contributed by atoms with Gasteiger partial charge in [0.05, 0.1) is 0 Å². The predicted molar refractivity (Wildman–Crippen MR) is 52.0 cm³/mol. The van der Waals surface area contributed by atoms with Crippen molar-refractivity contribution < 1.29 is 0 Å². The summed E-state index contributed by atoms with van der Waals surface area (Å²) < 4.78 is 0. The van der Waals surface area contributed by atoms with Crippen molar-refractivity contribution in [1.29, 1.82) is 0 Å². The van der Waals surface area contributed by atoms with Crippen molar-refractivity contribution in [1.82, 2.24) is 4.90 Å². The van der Waals surface area contributed by atoms with Crippen LogP contribution in [0.15, 0.2) is 0 Å². The molecule has 0 aromatic rings. The van der Waals surface area contributed by atoms with Crippen molar-refractivity contribution >= 4 is 0 Å². The summed E-state index contributed by atoms with van der Waals surface area (Å²) in [5, 5.41) is 0. The molecule has 1 heteroatoms. The van der Waals surface area contributed by atoms with E-state index in [9.17, 15) is 0 Å². The van der Waals surface area contributed by atoms with E-state index in [0.29, 0.717) is 5.54 Å². The lowest BCUT2D eigenvalue weighted by Gasteiger charge is -2.40. The molecule has 1 aliphatic heterocycles. The van der Waals surface area contributed by atoms with Gasteiger partial charge in [-0.2, -0.15) is 0 Å². The number of likely N-dealkylation sites (tertiary alicyclic amines) is 1. The third kappa shape index (κ3) is 1.52. The maximum atomic E-state index is 2.72. The topological polar surface area (TPSA) is 3.24 Å². The van der Waals surface area contributed by atoms with Crippen LogP contribution >= 0.6 is 0 Å². The lowest BCUT2D eigenvalue weighted by Crippen LogP contribution is -2.46. The summed E-state index contributed by atoms with van der Waals surface area (Å²) in [6, 6.07) is 0. The molecule has 0 atom stereocenters. The van der Waals surface area contributed by atoms with Crippen molar-refractivity contribution in [2.75, 3.05) is 13.1 Å². The van der Waals surface area contributed by atoms with Crippen LogP contribution in [0.5, 0.6) is 0 Å². The Labute approximate surface area is 76.1 Å². The SMILES string of the molecule is CC1(N2CC[CH]CC2)CCCC1. The van der Waals surface area contributed by atoms with E-state index in [0.717, 1.165) is 0 Å². The third-order valence-corrected chi connectivity index (χ3v) is 3.65. The van der Waals surface area contributed by atoms with E-state index in [-0.39, 0.29) is 0 Å². The molecule has 0 unspecified atom stereocenters. The van der Waals surface area contributed by atoms with Crippen LogP contribution in [0.3, 0.4) is 0 Å². The summed E-state index contributed by atoms with van der Waals surface area (Å²) >= 11 is 0. The molecule has 1 nitrogen and oxygen atoms in total. The molecular weight excluding hydrogens is 146 g/mol. The van der Waals surface area contributed by atoms with E-state index in [1.807, 2.05) is 0 Å². The fourth-order valence-corrected chi connectivity index (χ4v) is 2.74. The quantitative estimate of drug-likeness (QED) is 0.579. The van der Waals surface area contributed by atoms with Gasteiger partial charge >= 0.3 is 0 Å². The van der Waals surface area contributed by atoms with Crippen LogP contribution in [0.4, 0.5) is 0 Å². The first-order chi connectivity index (χ1) is 5.81. The van der Waals surface area contributed by atoms with E-state index < -0.39 is 0 Å². The molecule has 0 bridgehead atoms. The molecule has 1 saturated heterocycles. The average Bonchev–Trinajstić information content (AvgIpc) is 2.55. The second-order valence-corrected chi connectivity index (χ2v) is 4.56. The van der Waals surface area contributed by atoms with Crippen LogP contribution in [0, 0.1) is 6.42 Å². The number of hydrogen-bond donors (Lipinski definition) is 0. The van der Waals surface area contributed by atoms with Crippen molar-refractivity contribution in [3.05, 3.63) is 6.42 Å². The summed E-state index contributed by atoms with van der Waals surface area (Å²) in [7, 11) is 0. The van der Waals surface area contributed by atoms with Gasteiger partial charge in [0.25, 0.3) is 0 Å². The van der Waals surface area contributed by atoms with Gasteiger partial charge in [0.15, 0.2) is 0 Å². The lowest BCUT2D eigenvalue weighted by atomic mass is 9.95. The van der Waals surface area contributed by atoms with E-state index in [1.54, 1.807) is 0 Å². The molecular formula is C11H20N. The summed E-state index contributed by atoms with van der Waals surface area (Å²) in [4.78, 5) is 2.72. The maximum absolute atomic E-state index is 2.72. The Morgan fingerprint density at radius 1 is 1.08 bits per heavy atom. The standard InChI is InChI=1S/C11H20N/c1-11(7-3-4-8-11)12-9-5-2-6-10-12/h2H,3-10H2,1H3. The van der Waals surface area contributed by atoms with E-state index in [1.165, 1.54) is 51.6 Å². The van der Waals surface area contributed by atoms with E-state index >= 15 is 0 Å². The van der Waals surface area contributed by atoms with Gasteiger partial charge in [0.1, 0.15) is 0 Å². The zero-order valence-corrected chi connectivity index (χ0v) is 8.18. The average molecular weight is 166 g/mol. The highest BCUT2D eigenvalue weighted by Gasteiger charge is 2.34. The van der Waals surface area contributed by atoms with Gasteiger partial charge in [-0.3, -0.25) is 4.90 Å². The Hall–Kier alpha value is -0.0400. The maximum Gasteiger partial charge on any atom is 0.0181 e. The van der Waals surface area contributed by atoms with Gasteiger partial charge in [0, 0.05) is 5.54 Å². The van der Waals surface area contributed by atoms with Gasteiger partial charge in [-0.1, -0.05) is 12.8 Å². The molecule has 2 rings (SSSR count). The van der Waals surface area contributed by atoms with Gasteiger partial charge in [0.2, 0.25) is 0 Å². The number of rotatable bonds is 1. The van der Waals surface area contributed by atoms with Gasteiger partial charge in [-0.05, 0) is 52.1 Å². The van der Waals surface area contributed by atoms with Crippen LogP contribution in [0.1, 0.15) is 45.4 Å². The zero-order valence-electron chi connectivity index (χ0n) is 8.18. The molecule has 12 heavy (non-hydrogen) atoms. The Balaban J connectivity index is 1.96. The Kier molecular flexibility index (Phi) is 2.40. The minimum Gasteiger partial charge on any atom is -0.298 e. The minimum absolute atomic E-state index is 0.578. The monoisotopic (exact) mass is 166 g/mol. The van der Waals surface area contributed by atoms with Crippen molar-refractivity contribution in [3.8, 4) is 0 Å². The van der Waals surface area contributed by atoms with Crippen LogP contribution in [0.25, 0.3) is 0 Å². The molecule has 0 aromatic carbocycles. The van der Waals surface area contributed by atoms with E-state index in [2.05, 4.69) is 18.2 Å². The van der Waals surface area contributed by atoms with Gasteiger partial charge in [-0.25, -0.2) is 0 Å². The largest absolute Gasteiger partial charge is 0.298 e. The van der Waals surface area contributed by atoms with Gasteiger partial charge in [-0.15, -0.1) is 0 Å². The van der Waals surface area contributed by atoms with Crippen LogP contribution in [-0.4, -0.2) is 23.5 Å². The molecule has 1 radical (unpaired) electrons. The fraction of sp³-hybridized carbons (Fsp3) is 0.909. The van der Waals surface area contributed by atoms with Gasteiger partial charge < -0.3 is 0 Å². The molecule has 1 heterocycles. The normalized spacial score (nSPS) is 30.8. The van der Waals surface area contributed by atoms with Crippen molar-refractivity contribution in [3.63, 3.8) is 0 Å². The highest BCUT2D eigenvalue weighted by molar-refractivity contribution is 4.93. The molecule has 69 valence electrons. The molecule has 0 amide bonds. The van der Waals surface area contributed by atoms with Crippen LogP contribution in [-0.2, 0) is 0 Å². The summed E-state index contributed by atoms with van der Waals surface area (Å²) in [5.41, 5.74) is 0.578. The minimum atomic E-state index is 0.578. The second-order valence-electron chi connectivity index (χ2n) is 4.56. The molecule has 0 aromatic heterocycles. The first kappa shape index (κ1) is 8.55. The molecule has 2 aliphatic rings. The van der Waals surface area contributed by atoms with Crippen LogP contribution < -0.4 is 0 Å². The third-order valence-electron chi connectivity index (χ3n) is 3.65. The fourth-order valence-electron chi connectivity index (χ4n) is 2.74. The first-order valence-electron chi connectivity index (χ1n) is 5.38. The number of piperidine rings is 1. The molecule has 1 saturated carbocycles. The molecule has 2 fully saturated rings. The molecule has 1 aliphatic carbocycles. The summed E-state index contributed by atoms with van der Waals surface area (Å²) in [6.45, 7) is 5.10. The summed E-state index contributed by atoms with van der Waals surface area (Å²) in [6.07, 6.45) is 10.9.